The van der Waals surface area contributed by atoms with Gasteiger partial charge in [-0.25, -0.2) is 13.4 Å². The molecule has 10 heteroatoms. The lowest BCUT2D eigenvalue weighted by Gasteiger charge is -2.35. The third kappa shape index (κ3) is 3.95. The molecule has 1 atom stereocenters. The van der Waals surface area contributed by atoms with Gasteiger partial charge in [-0.3, -0.25) is 14.6 Å². The van der Waals surface area contributed by atoms with Crippen LogP contribution in [0.5, 0.6) is 0 Å². The van der Waals surface area contributed by atoms with E-state index >= 15 is 0 Å². The first-order valence-corrected chi connectivity index (χ1v) is 11.5. The van der Waals surface area contributed by atoms with E-state index in [-0.39, 0.29) is 24.1 Å². The molecule has 154 valence electrons. The third-order valence-corrected chi connectivity index (χ3v) is 6.76. The molecule has 2 aromatic rings. The Labute approximate surface area is 168 Å². The lowest BCUT2D eigenvalue weighted by Crippen LogP contribution is -2.42. The van der Waals surface area contributed by atoms with Gasteiger partial charge in [0.05, 0.1) is 29.1 Å². The maximum Gasteiger partial charge on any atom is 0.256 e. The van der Waals surface area contributed by atoms with Crippen LogP contribution in [0, 0.1) is 0 Å². The van der Waals surface area contributed by atoms with Crippen molar-refractivity contribution in [1.29, 1.82) is 0 Å². The Morgan fingerprint density at radius 3 is 2.83 bits per heavy atom. The number of hydrogen-bond acceptors (Lipinski definition) is 6. The van der Waals surface area contributed by atoms with Crippen LogP contribution in [0.15, 0.2) is 29.3 Å². The van der Waals surface area contributed by atoms with E-state index in [0.29, 0.717) is 48.6 Å². The van der Waals surface area contributed by atoms with Crippen molar-refractivity contribution < 1.29 is 13.2 Å². The second-order valence-electron chi connectivity index (χ2n) is 7.47. The Morgan fingerprint density at radius 2 is 2.10 bits per heavy atom. The smallest absolute Gasteiger partial charge is 0.256 e. The SMILES string of the molecule is CS(=O)(=O)N1CCc2nc([C@H]3CCCCN3C(=O)c3cccnc3)[nH]c(=O)c2C1. The number of sulfonamides is 1. The quantitative estimate of drug-likeness (QED) is 0.791. The minimum atomic E-state index is -3.37. The highest BCUT2D eigenvalue weighted by atomic mass is 32.2. The maximum absolute atomic E-state index is 13.0. The van der Waals surface area contributed by atoms with E-state index in [1.165, 1.54) is 10.5 Å². The van der Waals surface area contributed by atoms with Crippen molar-refractivity contribution >= 4 is 15.9 Å². The normalized spacial score (nSPS) is 20.3. The Kier molecular flexibility index (Phi) is 5.22. The number of carbonyl (C=O) groups excluding carboxylic acids is 1. The zero-order valence-electron chi connectivity index (χ0n) is 16.2. The molecule has 1 N–H and O–H groups in total. The average molecular weight is 417 g/mol. The van der Waals surface area contributed by atoms with Gasteiger partial charge in [-0.05, 0) is 31.4 Å². The van der Waals surface area contributed by atoms with Crippen molar-refractivity contribution in [2.24, 2.45) is 0 Å². The molecule has 1 fully saturated rings. The number of aromatic amines is 1. The fourth-order valence-corrected chi connectivity index (χ4v) is 4.76. The number of pyridine rings is 1. The van der Waals surface area contributed by atoms with E-state index in [0.717, 1.165) is 19.1 Å². The number of hydrogen-bond donors (Lipinski definition) is 1. The number of likely N-dealkylation sites (tertiary alicyclic amines) is 1. The third-order valence-electron chi connectivity index (χ3n) is 5.51. The Balaban J connectivity index is 1.66. The van der Waals surface area contributed by atoms with E-state index in [4.69, 9.17) is 0 Å². The van der Waals surface area contributed by atoms with Gasteiger partial charge in [0.1, 0.15) is 5.82 Å². The van der Waals surface area contributed by atoms with Crippen LogP contribution in [0.2, 0.25) is 0 Å². The highest BCUT2D eigenvalue weighted by Crippen LogP contribution is 2.30. The zero-order chi connectivity index (χ0) is 20.6. The first-order valence-electron chi connectivity index (χ1n) is 9.62. The second kappa shape index (κ2) is 7.68. The Hall–Kier alpha value is -2.59. The van der Waals surface area contributed by atoms with Gasteiger partial charge in [0.25, 0.3) is 11.5 Å². The number of aromatic nitrogens is 3. The number of rotatable bonds is 3. The highest BCUT2D eigenvalue weighted by Gasteiger charge is 2.33. The summed E-state index contributed by atoms with van der Waals surface area (Å²) in [6.07, 6.45) is 7.21. The zero-order valence-corrected chi connectivity index (χ0v) is 17.0. The predicted molar refractivity (Wildman–Crippen MR) is 106 cm³/mol. The van der Waals surface area contributed by atoms with Crippen molar-refractivity contribution in [1.82, 2.24) is 24.2 Å². The molecule has 4 rings (SSSR count). The molecule has 2 aliphatic rings. The number of piperidine rings is 1. The number of carbonyl (C=O) groups is 1. The molecule has 2 aromatic heterocycles. The predicted octanol–water partition coefficient (Wildman–Crippen LogP) is 0.850. The topological polar surface area (TPSA) is 116 Å². The minimum Gasteiger partial charge on any atom is -0.328 e. The summed E-state index contributed by atoms with van der Waals surface area (Å²) in [5, 5.41) is 0. The molecule has 4 heterocycles. The van der Waals surface area contributed by atoms with Gasteiger partial charge >= 0.3 is 0 Å². The minimum absolute atomic E-state index is 0.0276. The van der Waals surface area contributed by atoms with Crippen molar-refractivity contribution in [2.75, 3.05) is 19.3 Å². The molecular formula is C19H23N5O4S. The van der Waals surface area contributed by atoms with E-state index < -0.39 is 10.0 Å². The summed E-state index contributed by atoms with van der Waals surface area (Å²) >= 11 is 0. The van der Waals surface area contributed by atoms with Crippen LogP contribution in [-0.2, 0) is 23.0 Å². The molecule has 0 aromatic carbocycles. The molecule has 0 saturated carbocycles. The molecule has 0 aliphatic carbocycles. The van der Waals surface area contributed by atoms with Crippen molar-refractivity contribution in [3.8, 4) is 0 Å². The number of nitrogens with zero attached hydrogens (tertiary/aromatic N) is 4. The lowest BCUT2D eigenvalue weighted by molar-refractivity contribution is 0.0598. The fourth-order valence-electron chi connectivity index (χ4n) is 3.97. The monoisotopic (exact) mass is 417 g/mol. The Bertz CT molecular complexity index is 1080. The molecule has 1 saturated heterocycles. The van der Waals surface area contributed by atoms with E-state index in [1.807, 2.05) is 0 Å². The molecule has 0 unspecified atom stereocenters. The maximum atomic E-state index is 13.0. The summed E-state index contributed by atoms with van der Waals surface area (Å²) in [5.41, 5.74) is 1.16. The van der Waals surface area contributed by atoms with Crippen molar-refractivity contribution in [2.45, 2.75) is 38.3 Å². The molecule has 1 amide bonds. The number of fused-ring (bicyclic) bond motifs is 1. The van der Waals surface area contributed by atoms with Crippen LogP contribution in [0.3, 0.4) is 0 Å². The molecule has 29 heavy (non-hydrogen) atoms. The molecule has 2 aliphatic heterocycles. The molecule has 9 nitrogen and oxygen atoms in total. The van der Waals surface area contributed by atoms with E-state index in [1.54, 1.807) is 23.2 Å². The van der Waals surface area contributed by atoms with Crippen LogP contribution in [0.1, 0.15) is 52.7 Å². The number of nitrogens with one attached hydrogen (secondary N) is 1. The first-order chi connectivity index (χ1) is 13.8. The molecule has 0 radical (unpaired) electrons. The van der Waals surface area contributed by atoms with Gasteiger partial charge in [0.15, 0.2) is 0 Å². The molecular weight excluding hydrogens is 394 g/mol. The summed E-state index contributed by atoms with van der Waals surface area (Å²) in [4.78, 5) is 39.0. The van der Waals surface area contributed by atoms with E-state index in [2.05, 4.69) is 15.0 Å². The van der Waals surface area contributed by atoms with Crippen molar-refractivity contribution in [3.05, 3.63) is 57.5 Å². The molecule has 0 spiro atoms. The summed E-state index contributed by atoms with van der Waals surface area (Å²) in [5.74, 6) is 0.338. The van der Waals surface area contributed by atoms with Crippen LogP contribution in [0.4, 0.5) is 0 Å². The largest absolute Gasteiger partial charge is 0.328 e. The lowest BCUT2D eigenvalue weighted by atomic mass is 9.99. The first kappa shape index (κ1) is 19.7. The molecule has 0 bridgehead atoms. The van der Waals surface area contributed by atoms with Crippen LogP contribution in [-0.4, -0.2) is 57.8 Å². The van der Waals surface area contributed by atoms with Crippen LogP contribution in [0.25, 0.3) is 0 Å². The van der Waals surface area contributed by atoms with Crippen LogP contribution < -0.4 is 5.56 Å². The number of H-pyrrole nitrogens is 1. The summed E-state index contributed by atoms with van der Waals surface area (Å²) in [6.45, 7) is 0.908. The van der Waals surface area contributed by atoms with Gasteiger partial charge in [-0.2, -0.15) is 4.31 Å². The highest BCUT2D eigenvalue weighted by molar-refractivity contribution is 7.88. The van der Waals surface area contributed by atoms with Gasteiger partial charge in [-0.1, -0.05) is 0 Å². The summed E-state index contributed by atoms with van der Waals surface area (Å²) in [7, 11) is -3.37. The Morgan fingerprint density at radius 1 is 1.28 bits per heavy atom. The van der Waals surface area contributed by atoms with Crippen molar-refractivity contribution in [3.63, 3.8) is 0 Å². The van der Waals surface area contributed by atoms with E-state index in [9.17, 15) is 18.0 Å². The second-order valence-corrected chi connectivity index (χ2v) is 9.46. The standard InChI is InChI=1S/C19H23N5O4S/c1-29(27,28)23-10-7-15-14(12-23)18(25)22-17(21-15)16-6-2-3-9-24(16)19(26)13-5-4-8-20-11-13/h4-5,8,11,16H,2-3,6-7,9-10,12H2,1H3,(H,21,22,25)/t16-/m1/s1. The van der Waals surface area contributed by atoms with Gasteiger partial charge in [-0.15, -0.1) is 0 Å². The van der Waals surface area contributed by atoms with Gasteiger partial charge < -0.3 is 9.88 Å². The summed E-state index contributed by atoms with van der Waals surface area (Å²) in [6, 6.07) is 3.13. The number of amides is 1. The van der Waals surface area contributed by atoms with Gasteiger partial charge in [0.2, 0.25) is 10.0 Å². The summed E-state index contributed by atoms with van der Waals surface area (Å²) < 4.78 is 24.9. The van der Waals surface area contributed by atoms with Crippen LogP contribution >= 0.6 is 0 Å². The average Bonchev–Trinajstić information content (AvgIpc) is 2.73. The fraction of sp³-hybridized carbons (Fsp3) is 0.474. The van der Waals surface area contributed by atoms with Gasteiger partial charge in [0, 0.05) is 38.4 Å².